The first-order valence-electron chi connectivity index (χ1n) is 5.07. The Morgan fingerprint density at radius 3 is 2.56 bits per heavy atom. The normalized spacial score (nSPS) is 26.2. The van der Waals surface area contributed by atoms with Gasteiger partial charge in [0.15, 0.2) is 5.60 Å². The number of halogens is 3. The summed E-state index contributed by atoms with van der Waals surface area (Å²) in [5, 5.41) is 9.33. The van der Waals surface area contributed by atoms with Crippen molar-refractivity contribution in [2.75, 3.05) is 19.6 Å². The molecule has 0 bridgehead atoms. The molecule has 1 heterocycles. The van der Waals surface area contributed by atoms with E-state index in [-0.39, 0.29) is 18.9 Å². The van der Waals surface area contributed by atoms with Gasteiger partial charge < -0.3 is 15.7 Å². The van der Waals surface area contributed by atoms with Gasteiger partial charge in [0.2, 0.25) is 5.91 Å². The largest absolute Gasteiger partial charge is 0.419 e. The van der Waals surface area contributed by atoms with Gasteiger partial charge in [0.25, 0.3) is 0 Å². The first kappa shape index (κ1) is 13.2. The van der Waals surface area contributed by atoms with E-state index in [4.69, 9.17) is 5.73 Å². The topological polar surface area (TPSA) is 66.6 Å². The van der Waals surface area contributed by atoms with Crippen LogP contribution in [0.1, 0.15) is 19.3 Å². The molecule has 0 aromatic carbocycles. The molecule has 0 aliphatic carbocycles. The molecule has 7 heteroatoms. The van der Waals surface area contributed by atoms with Crippen molar-refractivity contribution in [3.8, 4) is 0 Å². The van der Waals surface area contributed by atoms with Gasteiger partial charge >= 0.3 is 6.18 Å². The fraction of sp³-hybridized carbons (Fsp3) is 0.889. The van der Waals surface area contributed by atoms with Gasteiger partial charge in [-0.3, -0.25) is 4.79 Å². The quantitative estimate of drug-likeness (QED) is 0.743. The Balaban J connectivity index is 2.55. The number of rotatable bonds is 3. The van der Waals surface area contributed by atoms with Crippen LogP contribution >= 0.6 is 0 Å². The third-order valence-corrected chi connectivity index (χ3v) is 2.72. The van der Waals surface area contributed by atoms with Crippen LogP contribution in [0.5, 0.6) is 0 Å². The molecule has 0 radical (unpaired) electrons. The van der Waals surface area contributed by atoms with Crippen LogP contribution in [-0.2, 0) is 4.79 Å². The van der Waals surface area contributed by atoms with E-state index in [2.05, 4.69) is 0 Å². The van der Waals surface area contributed by atoms with E-state index in [9.17, 15) is 23.1 Å². The minimum atomic E-state index is -4.68. The van der Waals surface area contributed by atoms with Gasteiger partial charge in [-0.15, -0.1) is 0 Å². The summed E-state index contributed by atoms with van der Waals surface area (Å²) in [4.78, 5) is 12.5. The van der Waals surface area contributed by atoms with Gasteiger partial charge in [0, 0.05) is 19.4 Å². The van der Waals surface area contributed by atoms with E-state index < -0.39 is 24.7 Å². The smallest absolute Gasteiger partial charge is 0.379 e. The number of carbonyl (C=O) groups excluding carboxylic acids is 1. The maximum absolute atomic E-state index is 12.4. The van der Waals surface area contributed by atoms with E-state index in [0.717, 1.165) is 4.90 Å². The number of hydrogen-bond acceptors (Lipinski definition) is 3. The van der Waals surface area contributed by atoms with Crippen molar-refractivity contribution >= 4 is 5.91 Å². The average Bonchev–Trinajstić information content (AvgIpc) is 2.58. The zero-order valence-corrected chi connectivity index (χ0v) is 8.76. The van der Waals surface area contributed by atoms with Crippen LogP contribution in [0.4, 0.5) is 13.2 Å². The number of amides is 1. The van der Waals surface area contributed by atoms with Gasteiger partial charge in [-0.05, 0) is 13.0 Å². The third-order valence-electron chi connectivity index (χ3n) is 2.72. The number of nitrogens with zero attached hydrogens (tertiary/aromatic N) is 1. The van der Waals surface area contributed by atoms with Crippen molar-refractivity contribution in [3.63, 3.8) is 0 Å². The fourth-order valence-corrected chi connectivity index (χ4v) is 1.65. The Morgan fingerprint density at radius 2 is 2.12 bits per heavy atom. The Labute approximate surface area is 91.2 Å². The molecule has 1 unspecified atom stereocenters. The minimum absolute atomic E-state index is 0.0561. The number of β-amino-alcohol motifs (C(OH)–C–C–N with tert-alkyl or cyclic N) is 1. The van der Waals surface area contributed by atoms with E-state index >= 15 is 0 Å². The summed E-state index contributed by atoms with van der Waals surface area (Å²) in [5.41, 5.74) is 2.45. The first-order valence-corrected chi connectivity index (χ1v) is 5.07. The molecule has 1 aliphatic heterocycles. The van der Waals surface area contributed by atoms with E-state index in [1.807, 2.05) is 0 Å². The van der Waals surface area contributed by atoms with Crippen molar-refractivity contribution in [1.82, 2.24) is 4.90 Å². The molecule has 1 amide bonds. The highest BCUT2D eigenvalue weighted by Crippen LogP contribution is 2.37. The lowest BCUT2D eigenvalue weighted by Gasteiger charge is -2.25. The predicted molar refractivity (Wildman–Crippen MR) is 50.5 cm³/mol. The van der Waals surface area contributed by atoms with E-state index in [1.165, 1.54) is 0 Å². The summed E-state index contributed by atoms with van der Waals surface area (Å²) in [6.45, 7) is -0.400. The van der Waals surface area contributed by atoms with Gasteiger partial charge in [0.1, 0.15) is 0 Å². The van der Waals surface area contributed by atoms with Crippen molar-refractivity contribution in [2.45, 2.75) is 31.0 Å². The van der Waals surface area contributed by atoms with Crippen LogP contribution < -0.4 is 5.73 Å². The number of alkyl halides is 3. The highest BCUT2D eigenvalue weighted by molar-refractivity contribution is 5.76. The fourth-order valence-electron chi connectivity index (χ4n) is 1.65. The monoisotopic (exact) mass is 240 g/mol. The van der Waals surface area contributed by atoms with Gasteiger partial charge in [-0.1, -0.05) is 0 Å². The van der Waals surface area contributed by atoms with Crippen molar-refractivity contribution < 1.29 is 23.1 Å². The minimum Gasteiger partial charge on any atom is -0.379 e. The average molecular weight is 240 g/mol. The van der Waals surface area contributed by atoms with Crippen molar-refractivity contribution in [2.24, 2.45) is 5.73 Å². The Morgan fingerprint density at radius 1 is 1.50 bits per heavy atom. The van der Waals surface area contributed by atoms with Crippen LogP contribution in [0.15, 0.2) is 0 Å². The molecule has 0 saturated carbocycles. The molecular formula is C9H15F3N2O2. The van der Waals surface area contributed by atoms with E-state index in [0.29, 0.717) is 13.0 Å². The predicted octanol–water partition coefficient (Wildman–Crippen LogP) is 0.251. The number of nitrogens with two attached hydrogens (primary N) is 1. The SMILES string of the molecule is NCCCC(=O)N1CCC(O)(C(F)(F)F)C1. The van der Waals surface area contributed by atoms with Gasteiger partial charge in [-0.2, -0.15) is 13.2 Å². The molecule has 16 heavy (non-hydrogen) atoms. The molecular weight excluding hydrogens is 225 g/mol. The Kier molecular flexibility index (Phi) is 3.80. The maximum Gasteiger partial charge on any atom is 0.419 e. The standard InChI is InChI=1S/C9H15F3N2O2/c10-9(11,12)8(16)3-5-14(6-8)7(15)2-1-4-13/h16H,1-6,13H2. The molecule has 1 rings (SSSR count). The number of carbonyl (C=O) groups is 1. The van der Waals surface area contributed by atoms with Crippen LogP contribution in [0.2, 0.25) is 0 Å². The van der Waals surface area contributed by atoms with Crippen LogP contribution in [0.3, 0.4) is 0 Å². The molecule has 94 valence electrons. The highest BCUT2D eigenvalue weighted by atomic mass is 19.4. The first-order chi connectivity index (χ1) is 7.30. The van der Waals surface area contributed by atoms with E-state index in [1.54, 1.807) is 0 Å². The van der Waals surface area contributed by atoms with Gasteiger partial charge in [-0.25, -0.2) is 0 Å². The summed E-state index contributed by atoms with van der Waals surface area (Å²) >= 11 is 0. The lowest BCUT2D eigenvalue weighted by atomic mass is 10.0. The second-order valence-electron chi connectivity index (χ2n) is 3.99. The number of hydrogen-bond donors (Lipinski definition) is 2. The van der Waals surface area contributed by atoms with Crippen LogP contribution in [0, 0.1) is 0 Å². The zero-order valence-electron chi connectivity index (χ0n) is 8.76. The zero-order chi connectivity index (χ0) is 12.4. The summed E-state index contributed by atoms with van der Waals surface area (Å²) in [5.74, 6) is -0.384. The second kappa shape index (κ2) is 4.58. The Bertz CT molecular complexity index is 270. The molecule has 1 fully saturated rings. The maximum atomic E-state index is 12.4. The lowest BCUT2D eigenvalue weighted by molar-refractivity contribution is -0.253. The molecule has 0 spiro atoms. The molecule has 0 aromatic rings. The molecule has 3 N–H and O–H groups in total. The Hall–Kier alpha value is -0.820. The summed E-state index contributed by atoms with van der Waals surface area (Å²) < 4.78 is 37.3. The van der Waals surface area contributed by atoms with Crippen molar-refractivity contribution in [1.29, 1.82) is 0 Å². The second-order valence-corrected chi connectivity index (χ2v) is 3.99. The van der Waals surface area contributed by atoms with Crippen LogP contribution in [-0.4, -0.2) is 47.3 Å². The van der Waals surface area contributed by atoms with Gasteiger partial charge in [0.05, 0.1) is 6.54 Å². The molecule has 1 atom stereocenters. The van der Waals surface area contributed by atoms with Crippen LogP contribution in [0.25, 0.3) is 0 Å². The summed E-state index contributed by atoms with van der Waals surface area (Å²) in [6, 6.07) is 0. The number of aliphatic hydroxyl groups is 1. The summed E-state index contributed by atoms with van der Waals surface area (Å²) in [7, 11) is 0. The van der Waals surface area contributed by atoms with Crippen molar-refractivity contribution in [3.05, 3.63) is 0 Å². The summed E-state index contributed by atoms with van der Waals surface area (Å²) in [6.07, 6.45) is -4.56. The molecule has 4 nitrogen and oxygen atoms in total. The molecule has 1 saturated heterocycles. The lowest BCUT2D eigenvalue weighted by Crippen LogP contribution is -2.48. The number of likely N-dealkylation sites (tertiary alicyclic amines) is 1. The highest BCUT2D eigenvalue weighted by Gasteiger charge is 2.57. The molecule has 0 aromatic heterocycles. The molecule has 1 aliphatic rings. The third kappa shape index (κ3) is 2.65.